The van der Waals surface area contributed by atoms with Crippen molar-refractivity contribution in [2.45, 2.75) is 40.0 Å². The molecule has 0 saturated heterocycles. The van der Waals surface area contributed by atoms with Crippen LogP contribution in [0.4, 0.5) is 5.69 Å². The third kappa shape index (κ3) is 3.18. The number of nitrogens with one attached hydrogen (secondary N) is 1. The highest BCUT2D eigenvalue weighted by atomic mass is 16.5. The standard InChI is InChI=1S/C16H21NO3/c1-4-20-14(18)8-6-11-5-7-13-12(9-11)10-16(2,3)15(19)17-13/h5,7,9H,4,6,8,10H2,1-3H3,(H,17,19). The predicted octanol–water partition coefficient (Wildman–Crippen LogP) is 2.70. The summed E-state index contributed by atoms with van der Waals surface area (Å²) in [5, 5.41) is 2.93. The number of carbonyl (C=O) groups is 2. The van der Waals surface area contributed by atoms with Gasteiger partial charge in [-0.25, -0.2) is 0 Å². The van der Waals surface area contributed by atoms with Crippen molar-refractivity contribution in [1.82, 2.24) is 0 Å². The van der Waals surface area contributed by atoms with Crippen molar-refractivity contribution in [3.63, 3.8) is 0 Å². The number of esters is 1. The van der Waals surface area contributed by atoms with Crippen LogP contribution in [-0.2, 0) is 27.2 Å². The van der Waals surface area contributed by atoms with Gasteiger partial charge in [-0.1, -0.05) is 26.0 Å². The molecule has 108 valence electrons. The Kier molecular flexibility index (Phi) is 4.12. The Morgan fingerprint density at radius 2 is 2.15 bits per heavy atom. The first kappa shape index (κ1) is 14.6. The molecule has 1 aliphatic heterocycles. The van der Waals surface area contributed by atoms with Gasteiger partial charge in [0.15, 0.2) is 0 Å². The van der Waals surface area contributed by atoms with Gasteiger partial charge in [-0.3, -0.25) is 9.59 Å². The van der Waals surface area contributed by atoms with Gasteiger partial charge in [0.1, 0.15) is 0 Å². The first-order valence-corrected chi connectivity index (χ1v) is 7.01. The van der Waals surface area contributed by atoms with Gasteiger partial charge in [0.2, 0.25) is 5.91 Å². The summed E-state index contributed by atoms with van der Waals surface area (Å²) in [7, 11) is 0. The monoisotopic (exact) mass is 275 g/mol. The third-order valence-corrected chi connectivity index (χ3v) is 3.59. The fraction of sp³-hybridized carbons (Fsp3) is 0.500. The summed E-state index contributed by atoms with van der Waals surface area (Å²) in [6, 6.07) is 5.95. The molecule has 4 nitrogen and oxygen atoms in total. The predicted molar refractivity (Wildman–Crippen MR) is 77.5 cm³/mol. The van der Waals surface area contributed by atoms with E-state index in [0.29, 0.717) is 19.4 Å². The Hall–Kier alpha value is -1.84. The summed E-state index contributed by atoms with van der Waals surface area (Å²) in [4.78, 5) is 23.3. The lowest BCUT2D eigenvalue weighted by atomic mass is 9.81. The van der Waals surface area contributed by atoms with E-state index >= 15 is 0 Å². The number of anilines is 1. The molecule has 0 bridgehead atoms. The van der Waals surface area contributed by atoms with Gasteiger partial charge in [0.05, 0.1) is 6.61 Å². The van der Waals surface area contributed by atoms with Gasteiger partial charge in [-0.2, -0.15) is 0 Å². The number of hydrogen-bond acceptors (Lipinski definition) is 3. The SMILES string of the molecule is CCOC(=O)CCc1ccc2c(c1)CC(C)(C)C(=O)N2. The fourth-order valence-corrected chi connectivity index (χ4v) is 2.40. The maximum Gasteiger partial charge on any atom is 0.306 e. The van der Waals surface area contributed by atoms with Crippen molar-refractivity contribution in [2.75, 3.05) is 11.9 Å². The highest BCUT2D eigenvalue weighted by Gasteiger charge is 2.33. The van der Waals surface area contributed by atoms with Crippen LogP contribution in [0.2, 0.25) is 0 Å². The van der Waals surface area contributed by atoms with Crippen molar-refractivity contribution in [2.24, 2.45) is 5.41 Å². The summed E-state index contributed by atoms with van der Waals surface area (Å²) >= 11 is 0. The van der Waals surface area contributed by atoms with Crippen LogP contribution in [0.15, 0.2) is 18.2 Å². The fourth-order valence-electron chi connectivity index (χ4n) is 2.40. The second-order valence-corrected chi connectivity index (χ2v) is 5.81. The van der Waals surface area contributed by atoms with Gasteiger partial charge < -0.3 is 10.1 Å². The molecule has 0 atom stereocenters. The smallest absolute Gasteiger partial charge is 0.306 e. The molecule has 0 radical (unpaired) electrons. The van der Waals surface area contributed by atoms with Crippen LogP contribution in [0.5, 0.6) is 0 Å². The zero-order valence-corrected chi connectivity index (χ0v) is 12.3. The molecule has 2 rings (SSSR count). The summed E-state index contributed by atoms with van der Waals surface area (Å²) in [6.45, 7) is 6.11. The van der Waals surface area contributed by atoms with Crippen LogP contribution in [0.25, 0.3) is 0 Å². The zero-order chi connectivity index (χ0) is 14.8. The first-order valence-electron chi connectivity index (χ1n) is 7.01. The molecular weight excluding hydrogens is 254 g/mol. The number of carbonyl (C=O) groups excluding carboxylic acids is 2. The van der Waals surface area contributed by atoms with E-state index in [9.17, 15) is 9.59 Å². The van der Waals surface area contributed by atoms with Gasteiger partial charge in [0, 0.05) is 17.5 Å². The molecule has 1 aromatic rings. The number of benzene rings is 1. The molecule has 0 unspecified atom stereocenters. The van der Waals surface area contributed by atoms with Gasteiger partial charge >= 0.3 is 5.97 Å². The topological polar surface area (TPSA) is 55.4 Å². The Morgan fingerprint density at radius 3 is 2.85 bits per heavy atom. The second kappa shape index (κ2) is 5.65. The van der Waals surface area contributed by atoms with E-state index < -0.39 is 0 Å². The molecule has 1 heterocycles. The summed E-state index contributed by atoms with van der Waals surface area (Å²) in [6.07, 6.45) is 1.78. The van der Waals surface area contributed by atoms with E-state index in [0.717, 1.165) is 23.2 Å². The Morgan fingerprint density at radius 1 is 1.40 bits per heavy atom. The lowest BCUT2D eigenvalue weighted by Crippen LogP contribution is -2.37. The Labute approximate surface area is 119 Å². The van der Waals surface area contributed by atoms with Crippen molar-refractivity contribution >= 4 is 17.6 Å². The molecule has 1 amide bonds. The van der Waals surface area contributed by atoms with Crippen molar-refractivity contribution in [1.29, 1.82) is 0 Å². The molecule has 0 aliphatic carbocycles. The molecule has 0 saturated carbocycles. The average molecular weight is 275 g/mol. The lowest BCUT2D eigenvalue weighted by molar-refractivity contribution is -0.143. The van der Waals surface area contributed by atoms with Gasteiger partial charge in [-0.15, -0.1) is 0 Å². The highest BCUT2D eigenvalue weighted by Crippen LogP contribution is 2.33. The Balaban J connectivity index is 2.08. The number of fused-ring (bicyclic) bond motifs is 1. The molecule has 0 aromatic heterocycles. The van der Waals surface area contributed by atoms with Crippen LogP contribution >= 0.6 is 0 Å². The molecule has 1 N–H and O–H groups in total. The summed E-state index contributed by atoms with van der Waals surface area (Å²) < 4.78 is 4.93. The van der Waals surface area contributed by atoms with E-state index in [1.54, 1.807) is 0 Å². The molecule has 0 fully saturated rings. The second-order valence-electron chi connectivity index (χ2n) is 5.81. The minimum atomic E-state index is -0.382. The van der Waals surface area contributed by atoms with Crippen molar-refractivity contribution in [3.05, 3.63) is 29.3 Å². The van der Waals surface area contributed by atoms with Crippen LogP contribution in [0.3, 0.4) is 0 Å². The minimum Gasteiger partial charge on any atom is -0.466 e. The number of hydrogen-bond donors (Lipinski definition) is 1. The van der Waals surface area contributed by atoms with Crippen molar-refractivity contribution in [3.8, 4) is 0 Å². The zero-order valence-electron chi connectivity index (χ0n) is 12.3. The van der Waals surface area contributed by atoms with Crippen LogP contribution in [-0.4, -0.2) is 18.5 Å². The number of rotatable bonds is 4. The maximum absolute atomic E-state index is 11.9. The lowest BCUT2D eigenvalue weighted by Gasteiger charge is -2.30. The van der Waals surface area contributed by atoms with Gasteiger partial charge in [0.25, 0.3) is 0 Å². The number of aryl methyl sites for hydroxylation is 1. The van der Waals surface area contributed by atoms with E-state index in [1.165, 1.54) is 0 Å². The van der Waals surface area contributed by atoms with E-state index in [1.807, 2.05) is 32.9 Å². The summed E-state index contributed by atoms with van der Waals surface area (Å²) in [5.74, 6) is -0.108. The van der Waals surface area contributed by atoms with E-state index in [4.69, 9.17) is 4.74 Å². The molecule has 4 heteroatoms. The van der Waals surface area contributed by atoms with Crippen LogP contribution in [0, 0.1) is 5.41 Å². The summed E-state index contributed by atoms with van der Waals surface area (Å²) in [5.41, 5.74) is 2.74. The van der Waals surface area contributed by atoms with Crippen molar-refractivity contribution < 1.29 is 14.3 Å². The van der Waals surface area contributed by atoms with Crippen LogP contribution in [0.1, 0.15) is 38.3 Å². The van der Waals surface area contributed by atoms with E-state index in [2.05, 4.69) is 11.4 Å². The Bertz CT molecular complexity index is 535. The molecule has 1 aromatic carbocycles. The molecule has 20 heavy (non-hydrogen) atoms. The average Bonchev–Trinajstić information content (AvgIpc) is 2.38. The van der Waals surface area contributed by atoms with E-state index in [-0.39, 0.29) is 17.3 Å². The van der Waals surface area contributed by atoms with Crippen LogP contribution < -0.4 is 5.32 Å². The molecule has 0 spiro atoms. The highest BCUT2D eigenvalue weighted by molar-refractivity contribution is 5.98. The molecule has 1 aliphatic rings. The molecular formula is C16H21NO3. The normalized spacial score (nSPS) is 16.2. The number of ether oxygens (including phenoxy) is 1. The third-order valence-electron chi connectivity index (χ3n) is 3.59. The first-order chi connectivity index (χ1) is 9.42. The quantitative estimate of drug-likeness (QED) is 0.860. The van der Waals surface area contributed by atoms with Gasteiger partial charge in [-0.05, 0) is 37.0 Å². The number of amides is 1. The largest absolute Gasteiger partial charge is 0.466 e. The maximum atomic E-state index is 11.9. The minimum absolute atomic E-state index is 0.0595.